The molecule has 0 atom stereocenters. The van der Waals surface area contributed by atoms with Crippen molar-refractivity contribution < 1.29 is 9.59 Å². The lowest BCUT2D eigenvalue weighted by Crippen LogP contribution is -2.40. The largest absolute Gasteiger partial charge is 0.354 e. The van der Waals surface area contributed by atoms with Gasteiger partial charge in [0, 0.05) is 24.9 Å². The molecule has 0 saturated heterocycles. The summed E-state index contributed by atoms with van der Waals surface area (Å²) in [7, 11) is 0. The van der Waals surface area contributed by atoms with Crippen molar-refractivity contribution in [2.75, 3.05) is 13.1 Å². The second-order valence-electron chi connectivity index (χ2n) is 5.45. The molecule has 0 aliphatic heterocycles. The molecule has 0 aromatic carbocycles. The number of hydrogen-bond acceptors (Lipinski definition) is 2. The lowest BCUT2D eigenvalue weighted by molar-refractivity contribution is -0.128. The van der Waals surface area contributed by atoms with Crippen LogP contribution in [0.25, 0.3) is 0 Å². The third kappa shape index (κ3) is 7.26. The van der Waals surface area contributed by atoms with E-state index in [0.717, 1.165) is 0 Å². The highest BCUT2D eigenvalue weighted by Crippen LogP contribution is 2.11. The maximum absolute atomic E-state index is 11.5. The van der Waals surface area contributed by atoms with Gasteiger partial charge in [0.2, 0.25) is 11.8 Å². The van der Waals surface area contributed by atoms with E-state index in [-0.39, 0.29) is 17.2 Å². The van der Waals surface area contributed by atoms with E-state index in [1.54, 1.807) is 0 Å². The van der Waals surface area contributed by atoms with E-state index < -0.39 is 0 Å². The number of carbonyl (C=O) groups excluding carboxylic acids is 2. The van der Waals surface area contributed by atoms with E-state index in [4.69, 9.17) is 0 Å². The first-order chi connectivity index (χ1) is 7.23. The quantitative estimate of drug-likeness (QED) is 0.697. The summed E-state index contributed by atoms with van der Waals surface area (Å²) in [6.07, 6.45) is 0.535. The molecule has 2 amide bonds. The minimum absolute atomic E-state index is 0.00519. The van der Waals surface area contributed by atoms with Crippen molar-refractivity contribution in [2.45, 2.75) is 41.0 Å². The second kappa shape index (κ2) is 6.51. The Balaban J connectivity index is 3.62. The van der Waals surface area contributed by atoms with Gasteiger partial charge in [-0.05, 0) is 5.92 Å². The minimum Gasteiger partial charge on any atom is -0.354 e. The molecule has 4 nitrogen and oxygen atoms in total. The maximum atomic E-state index is 11.5. The molecule has 0 heterocycles. The summed E-state index contributed by atoms with van der Waals surface area (Å²) in [5, 5.41) is 5.54. The molecule has 0 rings (SSSR count). The van der Waals surface area contributed by atoms with Crippen molar-refractivity contribution in [2.24, 2.45) is 11.3 Å². The second-order valence-corrected chi connectivity index (χ2v) is 5.45. The van der Waals surface area contributed by atoms with Gasteiger partial charge in [-0.25, -0.2) is 0 Å². The van der Waals surface area contributed by atoms with Crippen molar-refractivity contribution in [3.05, 3.63) is 0 Å². The lowest BCUT2D eigenvalue weighted by atomic mass is 9.96. The number of amides is 2. The topological polar surface area (TPSA) is 58.2 Å². The van der Waals surface area contributed by atoms with Crippen molar-refractivity contribution in [3.8, 4) is 0 Å². The van der Waals surface area contributed by atoms with Crippen molar-refractivity contribution in [1.82, 2.24) is 10.6 Å². The van der Waals surface area contributed by atoms with Crippen LogP contribution in [0.2, 0.25) is 0 Å². The SMILES string of the molecule is CC(C)CC(=O)NCCNC(=O)C(C)(C)C. The van der Waals surface area contributed by atoms with Crippen LogP contribution in [0.15, 0.2) is 0 Å². The molecule has 0 bridgehead atoms. The molecule has 0 aromatic rings. The number of carbonyl (C=O) groups is 2. The first-order valence-corrected chi connectivity index (χ1v) is 5.78. The zero-order valence-corrected chi connectivity index (χ0v) is 11.0. The summed E-state index contributed by atoms with van der Waals surface area (Å²) in [6.45, 7) is 10.6. The van der Waals surface area contributed by atoms with Crippen LogP contribution in [-0.2, 0) is 9.59 Å². The zero-order valence-electron chi connectivity index (χ0n) is 11.0. The van der Waals surface area contributed by atoms with Crippen LogP contribution in [0.4, 0.5) is 0 Å². The molecule has 0 fully saturated rings. The van der Waals surface area contributed by atoms with Gasteiger partial charge in [0.1, 0.15) is 0 Å². The molecule has 0 aromatic heterocycles. The smallest absolute Gasteiger partial charge is 0.225 e. The highest BCUT2D eigenvalue weighted by atomic mass is 16.2. The number of nitrogens with one attached hydrogen (secondary N) is 2. The molecule has 0 saturated carbocycles. The van der Waals surface area contributed by atoms with Crippen LogP contribution >= 0.6 is 0 Å². The molecule has 4 heteroatoms. The molecule has 0 aliphatic carbocycles. The van der Waals surface area contributed by atoms with Gasteiger partial charge in [-0.15, -0.1) is 0 Å². The normalized spacial score (nSPS) is 11.4. The van der Waals surface area contributed by atoms with Gasteiger partial charge < -0.3 is 10.6 Å². The predicted octanol–water partition coefficient (Wildman–Crippen LogP) is 1.31. The van der Waals surface area contributed by atoms with Gasteiger partial charge in [0.25, 0.3) is 0 Å². The third-order valence-electron chi connectivity index (χ3n) is 2.01. The average Bonchev–Trinajstić information content (AvgIpc) is 2.09. The fourth-order valence-corrected chi connectivity index (χ4v) is 1.09. The van der Waals surface area contributed by atoms with Crippen molar-refractivity contribution >= 4 is 11.8 Å². The number of rotatable bonds is 5. The minimum atomic E-state index is -0.373. The Bertz CT molecular complexity index is 242. The van der Waals surface area contributed by atoms with Gasteiger partial charge in [-0.1, -0.05) is 34.6 Å². The highest BCUT2D eigenvalue weighted by Gasteiger charge is 2.20. The van der Waals surface area contributed by atoms with Gasteiger partial charge in [0.05, 0.1) is 0 Å². The van der Waals surface area contributed by atoms with E-state index in [0.29, 0.717) is 25.4 Å². The molecule has 0 aliphatic rings. The first kappa shape index (κ1) is 14.9. The van der Waals surface area contributed by atoms with Crippen LogP contribution in [0.5, 0.6) is 0 Å². The average molecular weight is 228 g/mol. The summed E-state index contributed by atoms with van der Waals surface area (Å²) in [6, 6.07) is 0. The van der Waals surface area contributed by atoms with Crippen LogP contribution in [-0.4, -0.2) is 24.9 Å². The summed E-state index contributed by atoms with van der Waals surface area (Å²) in [5.41, 5.74) is -0.373. The molecule has 16 heavy (non-hydrogen) atoms. The van der Waals surface area contributed by atoms with E-state index in [1.807, 2.05) is 34.6 Å². The van der Waals surface area contributed by atoms with Crippen LogP contribution in [0, 0.1) is 11.3 Å². The van der Waals surface area contributed by atoms with Crippen LogP contribution < -0.4 is 10.6 Å². The Morgan fingerprint density at radius 3 is 2.00 bits per heavy atom. The Kier molecular flexibility index (Phi) is 6.08. The molecular formula is C12H24N2O2. The standard InChI is InChI=1S/C12H24N2O2/c1-9(2)8-10(15)13-6-7-14-11(16)12(3,4)5/h9H,6-8H2,1-5H3,(H,13,15)(H,14,16). The Morgan fingerprint density at radius 2 is 1.56 bits per heavy atom. The zero-order chi connectivity index (χ0) is 12.8. The maximum Gasteiger partial charge on any atom is 0.225 e. The Labute approximate surface area is 98.2 Å². The molecule has 0 spiro atoms. The Morgan fingerprint density at radius 1 is 1.06 bits per heavy atom. The van der Waals surface area contributed by atoms with Crippen molar-refractivity contribution in [3.63, 3.8) is 0 Å². The summed E-state index contributed by atoms with van der Waals surface area (Å²) in [4.78, 5) is 22.7. The van der Waals surface area contributed by atoms with Gasteiger partial charge in [-0.3, -0.25) is 9.59 Å². The van der Waals surface area contributed by atoms with Gasteiger partial charge in [-0.2, -0.15) is 0 Å². The van der Waals surface area contributed by atoms with E-state index >= 15 is 0 Å². The predicted molar refractivity (Wildman–Crippen MR) is 64.9 cm³/mol. The third-order valence-corrected chi connectivity index (χ3v) is 2.01. The van der Waals surface area contributed by atoms with Crippen LogP contribution in [0.1, 0.15) is 41.0 Å². The fourth-order valence-electron chi connectivity index (χ4n) is 1.09. The van der Waals surface area contributed by atoms with E-state index in [1.165, 1.54) is 0 Å². The summed E-state index contributed by atoms with van der Waals surface area (Å²) in [5.74, 6) is 0.412. The van der Waals surface area contributed by atoms with Crippen molar-refractivity contribution in [1.29, 1.82) is 0 Å². The fraction of sp³-hybridized carbons (Fsp3) is 0.833. The molecular weight excluding hydrogens is 204 g/mol. The van der Waals surface area contributed by atoms with Gasteiger partial charge >= 0.3 is 0 Å². The molecule has 0 radical (unpaired) electrons. The number of hydrogen-bond donors (Lipinski definition) is 2. The summed E-state index contributed by atoms with van der Waals surface area (Å²) >= 11 is 0. The monoisotopic (exact) mass is 228 g/mol. The first-order valence-electron chi connectivity index (χ1n) is 5.78. The molecule has 2 N–H and O–H groups in total. The molecule has 94 valence electrons. The van der Waals surface area contributed by atoms with Crippen LogP contribution in [0.3, 0.4) is 0 Å². The van der Waals surface area contributed by atoms with Gasteiger partial charge in [0.15, 0.2) is 0 Å². The molecule has 0 unspecified atom stereocenters. The highest BCUT2D eigenvalue weighted by molar-refractivity contribution is 5.81. The lowest BCUT2D eigenvalue weighted by Gasteiger charge is -2.17. The van der Waals surface area contributed by atoms with E-state index in [9.17, 15) is 9.59 Å². The van der Waals surface area contributed by atoms with E-state index in [2.05, 4.69) is 10.6 Å². The summed E-state index contributed by atoms with van der Waals surface area (Å²) < 4.78 is 0. The Hall–Kier alpha value is -1.06.